The molecule has 1 heterocycles. The Morgan fingerprint density at radius 2 is 2.00 bits per heavy atom. The third kappa shape index (κ3) is 3.52. The van der Waals surface area contributed by atoms with Crippen LogP contribution in [0.15, 0.2) is 36.0 Å². The predicted molar refractivity (Wildman–Crippen MR) is 79.2 cm³/mol. The van der Waals surface area contributed by atoms with Gasteiger partial charge in [0, 0.05) is 11.8 Å². The molecule has 0 spiro atoms. The van der Waals surface area contributed by atoms with Crippen LogP contribution >= 0.6 is 12.2 Å². The second-order valence-electron chi connectivity index (χ2n) is 4.14. The lowest BCUT2D eigenvalue weighted by Crippen LogP contribution is -2.29. The maximum absolute atomic E-state index is 11.3. The molecule has 0 saturated heterocycles. The van der Waals surface area contributed by atoms with Gasteiger partial charge in [0.1, 0.15) is 5.69 Å². The zero-order valence-electron chi connectivity index (χ0n) is 10.2. The number of benzene rings is 1. The molecule has 7 nitrogen and oxygen atoms in total. The average Bonchev–Trinajstić information content (AvgIpc) is 2.68. The number of hydrogen-bond acceptors (Lipinski definition) is 5. The molecular formula is C11H11N3O4S2. The van der Waals surface area contributed by atoms with Crippen LogP contribution in [0.4, 0.5) is 11.4 Å². The highest BCUT2D eigenvalue weighted by Gasteiger charge is 2.21. The molecule has 1 aliphatic rings. The highest BCUT2D eigenvalue weighted by Crippen LogP contribution is 2.23. The summed E-state index contributed by atoms with van der Waals surface area (Å²) in [5.74, 6) is -0.130. The van der Waals surface area contributed by atoms with Gasteiger partial charge >= 0.3 is 0 Å². The molecular weight excluding hydrogens is 302 g/mol. The van der Waals surface area contributed by atoms with Gasteiger partial charge in [0.15, 0.2) is 14.9 Å². The van der Waals surface area contributed by atoms with E-state index in [9.17, 15) is 18.5 Å². The number of sulfone groups is 1. The Balaban J connectivity index is 2.04. The fourth-order valence-corrected chi connectivity index (χ4v) is 3.19. The summed E-state index contributed by atoms with van der Waals surface area (Å²) in [5, 5.41) is 16.4. The molecule has 0 atom stereocenters. The van der Waals surface area contributed by atoms with Crippen LogP contribution < -0.4 is 10.6 Å². The van der Waals surface area contributed by atoms with Crippen LogP contribution in [-0.4, -0.2) is 30.0 Å². The van der Waals surface area contributed by atoms with Gasteiger partial charge in [-0.25, -0.2) is 8.42 Å². The Labute approximate surface area is 120 Å². The standard InChI is InChI=1S/C11H11N3O4S2/c15-14(16)10-4-2-1-3-9(10)13-11(19)12-8-5-6-20(17,18)7-8/h1-5H,6-7H2,(H2,12,13,19). The van der Waals surface area contributed by atoms with Crippen LogP contribution in [0.25, 0.3) is 0 Å². The SMILES string of the molecule is O=[N+]([O-])c1ccccc1NC(=S)NC1=CCS(=O)(=O)C1. The number of nitrogens with zero attached hydrogens (tertiary/aromatic N) is 1. The maximum atomic E-state index is 11.3. The van der Waals surface area contributed by atoms with Crippen LogP contribution in [-0.2, 0) is 9.84 Å². The monoisotopic (exact) mass is 313 g/mol. The Morgan fingerprint density at radius 1 is 1.30 bits per heavy atom. The second-order valence-corrected chi connectivity index (χ2v) is 6.65. The minimum atomic E-state index is -3.09. The van der Waals surface area contributed by atoms with Crippen molar-refractivity contribution in [2.45, 2.75) is 0 Å². The number of hydrogen-bond donors (Lipinski definition) is 2. The maximum Gasteiger partial charge on any atom is 0.292 e. The Bertz CT molecular complexity index is 697. The van der Waals surface area contributed by atoms with Crippen molar-refractivity contribution < 1.29 is 13.3 Å². The van der Waals surface area contributed by atoms with Gasteiger partial charge in [-0.1, -0.05) is 12.1 Å². The summed E-state index contributed by atoms with van der Waals surface area (Å²) in [4.78, 5) is 10.3. The van der Waals surface area contributed by atoms with Crippen molar-refractivity contribution in [3.63, 3.8) is 0 Å². The summed E-state index contributed by atoms with van der Waals surface area (Å²) in [7, 11) is -3.09. The van der Waals surface area contributed by atoms with Crippen LogP contribution in [0.5, 0.6) is 0 Å². The van der Waals surface area contributed by atoms with E-state index in [0.717, 1.165) is 0 Å². The van der Waals surface area contributed by atoms with Gasteiger partial charge in [-0.05, 0) is 24.4 Å². The summed E-state index contributed by atoms with van der Waals surface area (Å²) >= 11 is 5.01. The molecule has 0 aliphatic carbocycles. The molecule has 1 aromatic rings. The van der Waals surface area contributed by atoms with E-state index in [1.165, 1.54) is 18.2 Å². The summed E-state index contributed by atoms with van der Waals surface area (Å²) in [6.45, 7) is 0. The zero-order chi connectivity index (χ0) is 14.8. The fraction of sp³-hybridized carbons (Fsp3) is 0.182. The van der Waals surface area contributed by atoms with Crippen LogP contribution in [0.1, 0.15) is 0 Å². The topological polar surface area (TPSA) is 101 Å². The number of nitro groups is 1. The van der Waals surface area contributed by atoms with Crippen molar-refractivity contribution in [2.24, 2.45) is 0 Å². The van der Waals surface area contributed by atoms with Gasteiger partial charge in [-0.2, -0.15) is 0 Å². The van der Waals surface area contributed by atoms with E-state index in [1.54, 1.807) is 12.1 Å². The molecule has 0 bridgehead atoms. The highest BCUT2D eigenvalue weighted by molar-refractivity contribution is 7.92. The molecule has 2 N–H and O–H groups in total. The van der Waals surface area contributed by atoms with Gasteiger partial charge in [0.25, 0.3) is 5.69 Å². The third-order valence-corrected chi connectivity index (χ3v) is 4.21. The number of para-hydroxylation sites is 2. The lowest BCUT2D eigenvalue weighted by atomic mass is 10.3. The van der Waals surface area contributed by atoms with Crippen molar-refractivity contribution in [3.05, 3.63) is 46.2 Å². The van der Waals surface area contributed by atoms with Gasteiger partial charge in [0.2, 0.25) is 0 Å². The van der Waals surface area contributed by atoms with E-state index >= 15 is 0 Å². The minimum Gasteiger partial charge on any atom is -0.335 e. The first kappa shape index (κ1) is 14.4. The summed E-state index contributed by atoms with van der Waals surface area (Å²) in [5.41, 5.74) is 0.613. The second kappa shape index (κ2) is 5.55. The van der Waals surface area contributed by atoms with E-state index < -0.39 is 14.8 Å². The first-order valence-electron chi connectivity index (χ1n) is 5.58. The first-order chi connectivity index (χ1) is 9.37. The largest absolute Gasteiger partial charge is 0.335 e. The quantitative estimate of drug-likeness (QED) is 0.491. The lowest BCUT2D eigenvalue weighted by Gasteiger charge is -2.10. The van der Waals surface area contributed by atoms with E-state index in [-0.39, 0.29) is 28.0 Å². The van der Waals surface area contributed by atoms with Gasteiger partial charge in [0.05, 0.1) is 16.4 Å². The Morgan fingerprint density at radius 3 is 2.60 bits per heavy atom. The zero-order valence-corrected chi connectivity index (χ0v) is 11.8. The molecule has 2 rings (SSSR count). The average molecular weight is 313 g/mol. The van der Waals surface area contributed by atoms with E-state index in [2.05, 4.69) is 10.6 Å². The van der Waals surface area contributed by atoms with Crippen molar-refractivity contribution in [1.82, 2.24) is 5.32 Å². The van der Waals surface area contributed by atoms with Crippen LogP contribution in [0, 0.1) is 10.1 Å². The third-order valence-electron chi connectivity index (χ3n) is 2.58. The van der Waals surface area contributed by atoms with Crippen LogP contribution in [0.2, 0.25) is 0 Å². The van der Waals surface area contributed by atoms with Crippen molar-refractivity contribution in [2.75, 3.05) is 16.8 Å². The molecule has 0 aromatic heterocycles. The number of thiocarbonyl (C=S) groups is 1. The number of anilines is 1. The van der Waals surface area contributed by atoms with E-state index in [1.807, 2.05) is 0 Å². The molecule has 1 aromatic carbocycles. The molecule has 0 fully saturated rings. The molecule has 0 saturated carbocycles. The summed E-state index contributed by atoms with van der Waals surface area (Å²) in [6.07, 6.45) is 1.53. The molecule has 106 valence electrons. The van der Waals surface area contributed by atoms with Crippen molar-refractivity contribution in [3.8, 4) is 0 Å². The first-order valence-corrected chi connectivity index (χ1v) is 7.81. The number of nitrogens with one attached hydrogen (secondary N) is 2. The fourth-order valence-electron chi connectivity index (χ4n) is 1.71. The van der Waals surface area contributed by atoms with E-state index in [4.69, 9.17) is 12.2 Å². The van der Waals surface area contributed by atoms with Crippen molar-refractivity contribution in [1.29, 1.82) is 0 Å². The van der Waals surface area contributed by atoms with E-state index in [0.29, 0.717) is 5.70 Å². The number of rotatable bonds is 3. The summed E-state index contributed by atoms with van der Waals surface area (Å²) < 4.78 is 22.6. The Kier molecular flexibility index (Phi) is 4.00. The predicted octanol–water partition coefficient (Wildman–Crippen LogP) is 1.19. The van der Waals surface area contributed by atoms with Crippen molar-refractivity contribution >= 4 is 38.5 Å². The Hall–Kier alpha value is -2.00. The van der Waals surface area contributed by atoms with Gasteiger partial charge in [-0.15, -0.1) is 0 Å². The minimum absolute atomic E-state index is 0.0244. The smallest absolute Gasteiger partial charge is 0.292 e. The molecule has 1 aliphatic heterocycles. The van der Waals surface area contributed by atoms with Gasteiger partial charge in [-0.3, -0.25) is 10.1 Å². The molecule has 9 heteroatoms. The summed E-state index contributed by atoms with van der Waals surface area (Å²) in [6, 6.07) is 6.05. The normalized spacial score (nSPS) is 16.3. The molecule has 0 unspecified atom stereocenters. The lowest BCUT2D eigenvalue weighted by molar-refractivity contribution is -0.383. The van der Waals surface area contributed by atoms with Crippen LogP contribution in [0.3, 0.4) is 0 Å². The molecule has 0 radical (unpaired) electrons. The number of nitro benzene ring substituents is 1. The highest BCUT2D eigenvalue weighted by atomic mass is 32.2. The molecule has 20 heavy (non-hydrogen) atoms. The molecule has 0 amide bonds. The van der Waals surface area contributed by atoms with Gasteiger partial charge < -0.3 is 10.6 Å².